The molecule has 8 heteroatoms. The minimum absolute atomic E-state index is 0. The monoisotopic (exact) mass is 372 g/mol. The lowest BCUT2D eigenvalue weighted by atomic mass is 10.1. The van der Waals surface area contributed by atoms with E-state index in [1.54, 1.807) is 37.2 Å². The molecule has 1 aromatic heterocycles. The van der Waals surface area contributed by atoms with E-state index in [0.29, 0.717) is 11.6 Å². The molecule has 2 N–H and O–H groups in total. The summed E-state index contributed by atoms with van der Waals surface area (Å²) < 4.78 is 7.12. The van der Waals surface area contributed by atoms with Crippen LogP contribution in [0.1, 0.15) is 23.3 Å². The van der Waals surface area contributed by atoms with E-state index >= 15 is 0 Å². The second-order valence-electron chi connectivity index (χ2n) is 5.19. The first-order valence-corrected chi connectivity index (χ1v) is 7.64. The van der Waals surface area contributed by atoms with Crippen LogP contribution in [-0.2, 0) is 16.6 Å². The third-order valence-electron chi connectivity index (χ3n) is 3.60. The number of likely N-dealkylation sites (N-methyl/N-ethyl adjacent to an activating group) is 1. The second-order valence-corrected chi connectivity index (χ2v) is 5.63. The predicted molar refractivity (Wildman–Crippen MR) is 96.5 cm³/mol. The smallest absolute Gasteiger partial charge is 0.241 e. The summed E-state index contributed by atoms with van der Waals surface area (Å²) in [5, 5.41) is 10.7. The number of rotatable bonds is 7. The van der Waals surface area contributed by atoms with Crippen molar-refractivity contribution in [3.05, 3.63) is 52.8 Å². The van der Waals surface area contributed by atoms with Crippen LogP contribution in [0.15, 0.2) is 36.7 Å². The van der Waals surface area contributed by atoms with Gasteiger partial charge in [-0.3, -0.25) is 9.48 Å². The van der Waals surface area contributed by atoms with Crippen molar-refractivity contribution in [1.29, 1.82) is 0 Å². The van der Waals surface area contributed by atoms with E-state index in [4.69, 9.17) is 16.3 Å². The first-order valence-electron chi connectivity index (χ1n) is 7.27. The van der Waals surface area contributed by atoms with Gasteiger partial charge in [0.15, 0.2) is 0 Å². The number of hydrogen-bond acceptors (Lipinski definition) is 4. The van der Waals surface area contributed by atoms with E-state index in [9.17, 15) is 4.79 Å². The normalized spacial score (nSPS) is 13.0. The largest absolute Gasteiger partial charge is 0.375 e. The van der Waals surface area contributed by atoms with Crippen LogP contribution in [0.25, 0.3) is 0 Å². The number of aromatic nitrogens is 2. The molecule has 0 saturated carbocycles. The molecule has 2 atom stereocenters. The van der Waals surface area contributed by atoms with E-state index in [2.05, 4.69) is 15.7 Å². The van der Waals surface area contributed by atoms with Gasteiger partial charge in [0.1, 0.15) is 6.04 Å². The van der Waals surface area contributed by atoms with Crippen molar-refractivity contribution in [2.75, 3.05) is 20.7 Å². The second kappa shape index (κ2) is 9.64. The van der Waals surface area contributed by atoms with Crippen LogP contribution < -0.4 is 10.6 Å². The van der Waals surface area contributed by atoms with Crippen molar-refractivity contribution in [1.82, 2.24) is 20.4 Å². The van der Waals surface area contributed by atoms with Crippen LogP contribution in [0.2, 0.25) is 5.02 Å². The molecule has 1 amide bonds. The minimum atomic E-state index is -0.452. The first kappa shape index (κ1) is 20.4. The highest BCUT2D eigenvalue weighted by molar-refractivity contribution is 6.30. The van der Waals surface area contributed by atoms with E-state index < -0.39 is 6.04 Å². The molecule has 0 aliphatic rings. The highest BCUT2D eigenvalue weighted by atomic mass is 35.5. The molecule has 2 rings (SSSR count). The van der Waals surface area contributed by atoms with Crippen molar-refractivity contribution >= 4 is 29.9 Å². The van der Waals surface area contributed by atoms with Crippen LogP contribution in [0.4, 0.5) is 0 Å². The van der Waals surface area contributed by atoms with E-state index in [0.717, 1.165) is 11.1 Å². The van der Waals surface area contributed by atoms with E-state index in [1.807, 2.05) is 25.4 Å². The van der Waals surface area contributed by atoms with Crippen LogP contribution in [0.5, 0.6) is 0 Å². The molecule has 24 heavy (non-hydrogen) atoms. The molecule has 132 valence electrons. The quantitative estimate of drug-likeness (QED) is 0.781. The summed E-state index contributed by atoms with van der Waals surface area (Å²) in [6.45, 7) is 0.370. The van der Waals surface area contributed by atoms with Crippen LogP contribution in [0, 0.1) is 0 Å². The molecule has 2 unspecified atom stereocenters. The Kier molecular flexibility index (Phi) is 8.21. The Morgan fingerprint density at radius 1 is 1.33 bits per heavy atom. The van der Waals surface area contributed by atoms with Crippen molar-refractivity contribution in [3.8, 4) is 0 Å². The third-order valence-corrected chi connectivity index (χ3v) is 3.85. The number of aryl methyl sites for hydroxylation is 1. The van der Waals surface area contributed by atoms with Crippen molar-refractivity contribution in [3.63, 3.8) is 0 Å². The Labute approximate surface area is 152 Å². The molecule has 6 nitrogen and oxygen atoms in total. The highest BCUT2D eigenvalue weighted by Gasteiger charge is 2.21. The summed E-state index contributed by atoms with van der Waals surface area (Å²) in [7, 11) is 5.17. The maximum atomic E-state index is 12.4. The number of methoxy groups -OCH3 is 1. The molecule has 0 bridgehead atoms. The van der Waals surface area contributed by atoms with Gasteiger partial charge in [0.05, 0.1) is 12.3 Å². The highest BCUT2D eigenvalue weighted by Crippen LogP contribution is 2.19. The Bertz CT molecular complexity index is 646. The number of nitrogens with one attached hydrogen (secondary N) is 2. The summed E-state index contributed by atoms with van der Waals surface area (Å²) in [5.41, 5.74) is 1.77. The maximum Gasteiger partial charge on any atom is 0.241 e. The molecule has 0 fully saturated rings. The van der Waals surface area contributed by atoms with Crippen molar-refractivity contribution < 1.29 is 9.53 Å². The molecule has 2 aromatic rings. The van der Waals surface area contributed by atoms with Crippen molar-refractivity contribution in [2.24, 2.45) is 7.05 Å². The number of carbonyl (C=O) groups is 1. The van der Waals surface area contributed by atoms with Crippen LogP contribution >= 0.6 is 24.0 Å². The Morgan fingerprint density at radius 3 is 2.50 bits per heavy atom. The number of hydrogen-bond donors (Lipinski definition) is 2. The summed E-state index contributed by atoms with van der Waals surface area (Å²) >= 11 is 5.89. The van der Waals surface area contributed by atoms with Crippen LogP contribution in [-0.4, -0.2) is 36.4 Å². The first-order chi connectivity index (χ1) is 11.0. The number of carbonyl (C=O) groups excluding carboxylic acids is 1. The van der Waals surface area contributed by atoms with Crippen molar-refractivity contribution in [2.45, 2.75) is 12.1 Å². The summed E-state index contributed by atoms with van der Waals surface area (Å²) in [4.78, 5) is 12.4. The topological polar surface area (TPSA) is 68.2 Å². The molecule has 0 aliphatic carbocycles. The lowest BCUT2D eigenvalue weighted by Gasteiger charge is -2.19. The SMILES string of the molecule is CNC(C(=O)NCC(OC)c1ccc(Cl)cc1)c1cnn(C)c1.Cl. The zero-order valence-electron chi connectivity index (χ0n) is 13.8. The fraction of sp³-hybridized carbons (Fsp3) is 0.375. The molecular formula is C16H22Cl2N4O2. The zero-order chi connectivity index (χ0) is 16.8. The van der Waals surface area contributed by atoms with Gasteiger partial charge < -0.3 is 15.4 Å². The van der Waals surface area contributed by atoms with Crippen LogP contribution in [0.3, 0.4) is 0 Å². The Balaban J connectivity index is 0.00000288. The summed E-state index contributed by atoms with van der Waals surface area (Å²) in [6, 6.07) is 6.93. The molecule has 0 saturated heterocycles. The molecule has 1 aromatic carbocycles. The third kappa shape index (κ3) is 5.21. The van der Waals surface area contributed by atoms with Gasteiger partial charge in [-0.05, 0) is 24.7 Å². The fourth-order valence-corrected chi connectivity index (χ4v) is 2.47. The average molecular weight is 373 g/mol. The molecular weight excluding hydrogens is 351 g/mol. The average Bonchev–Trinajstić information content (AvgIpc) is 2.96. The number of halogens is 2. The predicted octanol–water partition coefficient (Wildman–Crippen LogP) is 2.26. The number of ether oxygens (including phenoxy) is 1. The van der Waals surface area contributed by atoms with Gasteiger partial charge in [-0.15, -0.1) is 12.4 Å². The summed E-state index contributed by atoms with van der Waals surface area (Å²) in [6.07, 6.45) is 3.25. The Hall–Kier alpha value is -1.60. The lowest BCUT2D eigenvalue weighted by Crippen LogP contribution is -2.38. The summed E-state index contributed by atoms with van der Waals surface area (Å²) in [5.74, 6) is -0.128. The molecule has 0 spiro atoms. The van der Waals surface area contributed by atoms with Gasteiger partial charge in [0.2, 0.25) is 5.91 Å². The Morgan fingerprint density at radius 2 is 2.00 bits per heavy atom. The fourth-order valence-electron chi connectivity index (χ4n) is 2.35. The van der Waals surface area contributed by atoms with Gasteiger partial charge >= 0.3 is 0 Å². The molecule has 1 heterocycles. The zero-order valence-corrected chi connectivity index (χ0v) is 15.4. The van der Waals surface area contributed by atoms with Gasteiger partial charge in [0.25, 0.3) is 0 Å². The number of amides is 1. The van der Waals surface area contributed by atoms with E-state index in [1.165, 1.54) is 0 Å². The van der Waals surface area contributed by atoms with Gasteiger partial charge in [0, 0.05) is 37.5 Å². The van der Waals surface area contributed by atoms with Gasteiger partial charge in [-0.2, -0.15) is 5.10 Å². The molecule has 0 aliphatic heterocycles. The standard InChI is InChI=1S/C16H21ClN4O2.ClH/c1-18-15(12-8-20-21(2)10-12)16(22)19-9-14(23-3)11-4-6-13(17)7-5-11;/h4-8,10,14-15,18H,9H2,1-3H3,(H,19,22);1H. The maximum absolute atomic E-state index is 12.4. The van der Waals surface area contributed by atoms with E-state index in [-0.39, 0.29) is 24.4 Å². The number of benzene rings is 1. The van der Waals surface area contributed by atoms with Gasteiger partial charge in [-0.25, -0.2) is 0 Å². The lowest BCUT2D eigenvalue weighted by molar-refractivity contribution is -0.123. The minimum Gasteiger partial charge on any atom is -0.375 e. The number of nitrogens with zero attached hydrogens (tertiary/aromatic N) is 2. The van der Waals surface area contributed by atoms with Gasteiger partial charge in [-0.1, -0.05) is 23.7 Å². The molecule has 0 radical (unpaired) electrons.